The molecule has 0 saturated heterocycles. The molecular weight excluding hydrogens is 250 g/mol. The van der Waals surface area contributed by atoms with E-state index in [1.807, 2.05) is 6.07 Å². The lowest BCUT2D eigenvalue weighted by atomic mass is 9.86. The predicted octanol–water partition coefficient (Wildman–Crippen LogP) is 2.65. The number of nitrogens with one attached hydrogen (secondary N) is 1. The second-order valence-corrected chi connectivity index (χ2v) is 6.27. The number of rotatable bonds is 2. The van der Waals surface area contributed by atoms with Gasteiger partial charge >= 0.3 is 0 Å². The number of carbonyl (C=O) groups excluding carboxylic acids is 1. The van der Waals surface area contributed by atoms with E-state index in [-0.39, 0.29) is 5.91 Å². The van der Waals surface area contributed by atoms with E-state index in [0.717, 1.165) is 22.9 Å². The average molecular weight is 273 g/mol. The number of fused-ring (bicyclic) bond motifs is 1. The number of hydrogen-bond acceptors (Lipinski definition) is 3. The van der Waals surface area contributed by atoms with Gasteiger partial charge in [0.05, 0.1) is 0 Å². The van der Waals surface area contributed by atoms with E-state index in [0.29, 0.717) is 6.04 Å². The van der Waals surface area contributed by atoms with Crippen LogP contribution in [0.3, 0.4) is 0 Å². The molecule has 0 spiro atoms. The van der Waals surface area contributed by atoms with E-state index >= 15 is 0 Å². The Morgan fingerprint density at radius 2 is 2.15 bits per heavy atom. The summed E-state index contributed by atoms with van der Waals surface area (Å²) >= 11 is 0. The van der Waals surface area contributed by atoms with E-state index < -0.39 is 6.04 Å². The molecule has 1 aromatic rings. The molecule has 3 atom stereocenters. The molecule has 0 radical (unpaired) electrons. The molecule has 0 bridgehead atoms. The molecule has 0 aromatic heterocycles. The summed E-state index contributed by atoms with van der Waals surface area (Å²) < 4.78 is 0. The van der Waals surface area contributed by atoms with Crippen LogP contribution in [0, 0.1) is 5.92 Å². The highest BCUT2D eigenvalue weighted by molar-refractivity contribution is 6.02. The molecule has 1 aromatic carbocycles. The van der Waals surface area contributed by atoms with Crippen LogP contribution in [0.2, 0.25) is 0 Å². The zero-order valence-corrected chi connectivity index (χ0v) is 12.2. The SMILES string of the molecule is CC1CCCC(N(C)c2ccc3c(c2)NC(=O)C3N)C1. The van der Waals surface area contributed by atoms with E-state index in [2.05, 4.69) is 36.3 Å². The first-order chi connectivity index (χ1) is 9.56. The number of hydrogen-bond donors (Lipinski definition) is 2. The van der Waals surface area contributed by atoms with Crippen molar-refractivity contribution in [1.82, 2.24) is 0 Å². The summed E-state index contributed by atoms with van der Waals surface area (Å²) in [6, 6.07) is 6.20. The van der Waals surface area contributed by atoms with Gasteiger partial charge in [-0.2, -0.15) is 0 Å². The van der Waals surface area contributed by atoms with Crippen LogP contribution in [0.15, 0.2) is 18.2 Å². The monoisotopic (exact) mass is 273 g/mol. The van der Waals surface area contributed by atoms with Gasteiger partial charge in [-0.15, -0.1) is 0 Å². The first-order valence-corrected chi connectivity index (χ1v) is 7.49. The predicted molar refractivity (Wildman–Crippen MR) is 81.8 cm³/mol. The minimum absolute atomic E-state index is 0.105. The number of nitrogens with two attached hydrogens (primary N) is 1. The first kappa shape index (κ1) is 13.4. The Kier molecular flexibility index (Phi) is 3.42. The number of anilines is 2. The maximum Gasteiger partial charge on any atom is 0.245 e. The molecule has 1 saturated carbocycles. The van der Waals surface area contributed by atoms with Crippen molar-refractivity contribution in [3.8, 4) is 0 Å². The van der Waals surface area contributed by atoms with Crippen LogP contribution >= 0.6 is 0 Å². The van der Waals surface area contributed by atoms with E-state index in [1.54, 1.807) is 0 Å². The number of nitrogens with zero attached hydrogens (tertiary/aromatic N) is 1. The van der Waals surface area contributed by atoms with Gasteiger partial charge in [0, 0.05) is 30.0 Å². The first-order valence-electron chi connectivity index (χ1n) is 7.49. The molecule has 4 heteroatoms. The quantitative estimate of drug-likeness (QED) is 0.871. The second kappa shape index (κ2) is 5.09. The van der Waals surface area contributed by atoms with Crippen molar-refractivity contribution in [3.63, 3.8) is 0 Å². The van der Waals surface area contributed by atoms with Crippen molar-refractivity contribution in [1.29, 1.82) is 0 Å². The lowest BCUT2D eigenvalue weighted by molar-refractivity contribution is -0.116. The molecule has 1 aliphatic heterocycles. The maximum absolute atomic E-state index is 11.6. The average Bonchev–Trinajstić information content (AvgIpc) is 2.73. The van der Waals surface area contributed by atoms with Crippen molar-refractivity contribution >= 4 is 17.3 Å². The standard InChI is InChI=1S/C16H23N3O/c1-10-4-3-5-11(8-10)19(2)12-6-7-13-14(9-12)18-16(20)15(13)17/h6-7,9-11,15H,3-5,8,17H2,1-2H3,(H,18,20). The second-order valence-electron chi connectivity index (χ2n) is 6.27. The molecule has 1 aliphatic carbocycles. The summed E-state index contributed by atoms with van der Waals surface area (Å²) in [5.74, 6) is 0.699. The van der Waals surface area contributed by atoms with E-state index in [9.17, 15) is 4.79 Å². The minimum atomic E-state index is -0.515. The third kappa shape index (κ3) is 2.29. The van der Waals surface area contributed by atoms with Gasteiger partial charge in [0.1, 0.15) is 6.04 Å². The molecule has 2 aliphatic rings. The van der Waals surface area contributed by atoms with Crippen molar-refractivity contribution in [2.75, 3.05) is 17.3 Å². The molecule has 108 valence electrons. The summed E-state index contributed by atoms with van der Waals surface area (Å²) in [6.45, 7) is 2.34. The van der Waals surface area contributed by atoms with Crippen LogP contribution in [-0.4, -0.2) is 19.0 Å². The molecule has 1 fully saturated rings. The zero-order chi connectivity index (χ0) is 14.3. The molecule has 4 nitrogen and oxygen atoms in total. The highest BCUT2D eigenvalue weighted by Crippen LogP contribution is 2.35. The van der Waals surface area contributed by atoms with Gasteiger partial charge in [0.2, 0.25) is 5.91 Å². The van der Waals surface area contributed by atoms with Gasteiger partial charge in [-0.3, -0.25) is 4.79 Å². The Morgan fingerprint density at radius 1 is 1.35 bits per heavy atom. The summed E-state index contributed by atoms with van der Waals surface area (Å²) in [6.07, 6.45) is 5.16. The van der Waals surface area contributed by atoms with Gasteiger partial charge in [-0.25, -0.2) is 0 Å². The fourth-order valence-electron chi connectivity index (χ4n) is 3.46. The Labute approximate surface area is 120 Å². The Bertz CT molecular complexity index is 528. The number of benzene rings is 1. The van der Waals surface area contributed by atoms with Crippen LogP contribution in [0.5, 0.6) is 0 Å². The van der Waals surface area contributed by atoms with Crippen LogP contribution in [0.4, 0.5) is 11.4 Å². The third-order valence-electron chi connectivity index (χ3n) is 4.78. The summed E-state index contributed by atoms with van der Waals surface area (Å²) in [5.41, 5.74) is 8.79. The highest BCUT2D eigenvalue weighted by atomic mass is 16.2. The smallest absolute Gasteiger partial charge is 0.245 e. The van der Waals surface area contributed by atoms with Gasteiger partial charge in [0.25, 0.3) is 0 Å². The lowest BCUT2D eigenvalue weighted by Gasteiger charge is -2.35. The summed E-state index contributed by atoms with van der Waals surface area (Å²) in [7, 11) is 2.15. The van der Waals surface area contributed by atoms with Crippen molar-refractivity contribution in [3.05, 3.63) is 23.8 Å². The Balaban J connectivity index is 1.81. The van der Waals surface area contributed by atoms with Crippen molar-refractivity contribution in [2.45, 2.75) is 44.7 Å². The lowest BCUT2D eigenvalue weighted by Crippen LogP contribution is -2.35. The molecule has 3 N–H and O–H groups in total. The summed E-state index contributed by atoms with van der Waals surface area (Å²) in [4.78, 5) is 14.0. The minimum Gasteiger partial charge on any atom is -0.372 e. The molecule has 1 heterocycles. The van der Waals surface area contributed by atoms with Crippen molar-refractivity contribution in [2.24, 2.45) is 11.7 Å². The number of amides is 1. The van der Waals surface area contributed by atoms with Crippen LogP contribution in [-0.2, 0) is 4.79 Å². The van der Waals surface area contributed by atoms with Crippen LogP contribution in [0.1, 0.15) is 44.2 Å². The third-order valence-corrected chi connectivity index (χ3v) is 4.78. The molecule has 3 unspecified atom stereocenters. The fourth-order valence-corrected chi connectivity index (χ4v) is 3.46. The van der Waals surface area contributed by atoms with E-state index in [1.165, 1.54) is 25.7 Å². The number of carbonyl (C=O) groups is 1. The molecular formula is C16H23N3O. The fraction of sp³-hybridized carbons (Fsp3) is 0.562. The van der Waals surface area contributed by atoms with E-state index in [4.69, 9.17) is 5.73 Å². The molecule has 1 amide bonds. The molecule has 3 rings (SSSR count). The topological polar surface area (TPSA) is 58.4 Å². The normalized spacial score (nSPS) is 28.9. The van der Waals surface area contributed by atoms with Crippen molar-refractivity contribution < 1.29 is 4.79 Å². The zero-order valence-electron chi connectivity index (χ0n) is 12.2. The molecule has 20 heavy (non-hydrogen) atoms. The Morgan fingerprint density at radius 3 is 2.90 bits per heavy atom. The van der Waals surface area contributed by atoms with Gasteiger partial charge in [0.15, 0.2) is 0 Å². The summed E-state index contributed by atoms with van der Waals surface area (Å²) in [5, 5.41) is 2.86. The van der Waals surface area contributed by atoms with Gasteiger partial charge < -0.3 is 16.0 Å². The van der Waals surface area contributed by atoms with Crippen LogP contribution in [0.25, 0.3) is 0 Å². The maximum atomic E-state index is 11.6. The largest absolute Gasteiger partial charge is 0.372 e. The van der Waals surface area contributed by atoms with Gasteiger partial charge in [-0.1, -0.05) is 25.8 Å². The van der Waals surface area contributed by atoms with Crippen LogP contribution < -0.4 is 16.0 Å². The highest BCUT2D eigenvalue weighted by Gasteiger charge is 2.28. The van der Waals surface area contributed by atoms with Gasteiger partial charge in [-0.05, 0) is 30.9 Å². The Hall–Kier alpha value is -1.55.